The third-order valence-electron chi connectivity index (χ3n) is 4.88. The molecule has 1 aliphatic heterocycles. The molecule has 7 nitrogen and oxygen atoms in total. The molecule has 2 aromatic carbocycles. The molecule has 180 valence electrons. The van der Waals surface area contributed by atoms with E-state index in [1.165, 1.54) is 0 Å². The second-order valence-electron chi connectivity index (χ2n) is 7.79. The summed E-state index contributed by atoms with van der Waals surface area (Å²) in [6.45, 7) is 2.94. The Morgan fingerprint density at radius 2 is 1.38 bits per heavy atom. The van der Waals surface area contributed by atoms with Crippen molar-refractivity contribution in [3.8, 4) is 0 Å². The van der Waals surface area contributed by atoms with Gasteiger partial charge in [-0.2, -0.15) is 0 Å². The summed E-state index contributed by atoms with van der Waals surface area (Å²) in [4.78, 5) is 52.1. The molecular formula is C22H17Cl5N2O5. The minimum absolute atomic E-state index is 0.0693. The maximum Gasteiger partial charge on any atom is 0.329 e. The Bertz CT molecular complexity index is 1140. The first-order chi connectivity index (χ1) is 15.9. The lowest BCUT2D eigenvalue weighted by molar-refractivity contribution is -0.151. The van der Waals surface area contributed by atoms with Crippen LogP contribution >= 0.6 is 58.0 Å². The Balaban J connectivity index is 1.82. The molecule has 12 heteroatoms. The maximum atomic E-state index is 13.1. The molecule has 2 aromatic rings. The number of hydrogen-bond donors (Lipinski definition) is 1. The third-order valence-corrected chi connectivity index (χ3v) is 6.94. The molecule has 34 heavy (non-hydrogen) atoms. The average Bonchev–Trinajstić information content (AvgIpc) is 3.04. The molecule has 3 rings (SSSR count). The first-order valence-electron chi connectivity index (χ1n) is 9.89. The fourth-order valence-electron chi connectivity index (χ4n) is 3.37. The van der Waals surface area contributed by atoms with Crippen LogP contribution < -0.4 is 5.32 Å². The molecule has 0 saturated heterocycles. The standard InChI is InChI=1S/C22H17Cl5N2O5/c1-9(2)7-12(22(33)34-8-13(30)28-11-5-3-10(23)4-6-11)29-20(31)14-15(21(29)32)17(25)19(27)18(26)16(14)24/h3-6,9,12H,7-8H2,1-2H3,(H,28,30)/t12-/m0/s1. The minimum atomic E-state index is -1.33. The van der Waals surface area contributed by atoms with Gasteiger partial charge >= 0.3 is 5.97 Å². The summed E-state index contributed by atoms with van der Waals surface area (Å²) in [5, 5.41) is 2.18. The van der Waals surface area contributed by atoms with Crippen LogP contribution in [0.25, 0.3) is 0 Å². The van der Waals surface area contributed by atoms with Gasteiger partial charge < -0.3 is 10.1 Å². The SMILES string of the molecule is CC(C)C[C@@H](C(=O)OCC(=O)Nc1ccc(Cl)cc1)N1C(=O)c2c(Cl)c(Cl)c(Cl)c(Cl)c2C1=O. The Morgan fingerprint density at radius 1 is 0.882 bits per heavy atom. The topological polar surface area (TPSA) is 92.8 Å². The third kappa shape index (κ3) is 5.29. The molecule has 0 bridgehead atoms. The number of carbonyl (C=O) groups is 4. The smallest absolute Gasteiger partial charge is 0.329 e. The van der Waals surface area contributed by atoms with Gasteiger partial charge in [-0.1, -0.05) is 71.9 Å². The zero-order valence-electron chi connectivity index (χ0n) is 17.8. The number of amides is 3. The summed E-state index contributed by atoms with van der Waals surface area (Å²) in [6, 6.07) is 4.98. The van der Waals surface area contributed by atoms with E-state index in [0.717, 1.165) is 0 Å². The van der Waals surface area contributed by atoms with Crippen LogP contribution in [-0.2, 0) is 14.3 Å². The van der Waals surface area contributed by atoms with Crippen molar-refractivity contribution in [3.63, 3.8) is 0 Å². The summed E-state index contributed by atoms with van der Waals surface area (Å²) in [6.07, 6.45) is 0.0693. The Labute approximate surface area is 220 Å². The van der Waals surface area contributed by atoms with E-state index in [2.05, 4.69) is 5.32 Å². The second-order valence-corrected chi connectivity index (χ2v) is 9.74. The van der Waals surface area contributed by atoms with Crippen LogP contribution in [0.15, 0.2) is 24.3 Å². The predicted molar refractivity (Wildman–Crippen MR) is 131 cm³/mol. The van der Waals surface area contributed by atoms with Crippen LogP contribution in [0.4, 0.5) is 5.69 Å². The van der Waals surface area contributed by atoms with Gasteiger partial charge in [-0.05, 0) is 36.6 Å². The van der Waals surface area contributed by atoms with Gasteiger partial charge in [-0.3, -0.25) is 19.3 Å². The van der Waals surface area contributed by atoms with Gasteiger partial charge in [-0.25, -0.2) is 4.79 Å². The normalized spacial score (nSPS) is 13.8. The number of imide groups is 1. The molecule has 0 fully saturated rings. The first kappa shape index (κ1) is 26.6. The number of halogens is 5. The molecule has 1 atom stereocenters. The van der Waals surface area contributed by atoms with Gasteiger partial charge in [0.25, 0.3) is 17.7 Å². The lowest BCUT2D eigenvalue weighted by Gasteiger charge is -2.26. The zero-order valence-corrected chi connectivity index (χ0v) is 21.5. The fourth-order valence-corrected chi connectivity index (χ4v) is 4.51. The highest BCUT2D eigenvalue weighted by atomic mass is 35.5. The molecular weight excluding hydrogens is 550 g/mol. The predicted octanol–water partition coefficient (Wildman–Crippen LogP) is 6.15. The number of fused-ring (bicyclic) bond motifs is 1. The molecule has 0 unspecified atom stereocenters. The zero-order chi connectivity index (χ0) is 25.3. The Kier molecular flexibility index (Phi) is 8.37. The van der Waals surface area contributed by atoms with Crippen LogP contribution in [0.5, 0.6) is 0 Å². The fraction of sp³-hybridized carbons (Fsp3) is 0.273. The quantitative estimate of drug-likeness (QED) is 0.188. The van der Waals surface area contributed by atoms with Crippen molar-refractivity contribution < 1.29 is 23.9 Å². The maximum absolute atomic E-state index is 13.1. The number of nitrogens with zero attached hydrogens (tertiary/aromatic N) is 1. The molecule has 1 heterocycles. The van der Waals surface area contributed by atoms with Crippen molar-refractivity contribution in [1.82, 2.24) is 4.90 Å². The number of benzene rings is 2. The van der Waals surface area contributed by atoms with Gasteiger partial charge in [0, 0.05) is 10.7 Å². The van der Waals surface area contributed by atoms with E-state index < -0.39 is 36.3 Å². The molecule has 1 aliphatic rings. The van der Waals surface area contributed by atoms with Crippen LogP contribution in [0.1, 0.15) is 41.0 Å². The average molecular weight is 567 g/mol. The molecule has 1 N–H and O–H groups in total. The van der Waals surface area contributed by atoms with Crippen LogP contribution in [0.2, 0.25) is 25.1 Å². The van der Waals surface area contributed by atoms with Crippen molar-refractivity contribution >= 4 is 87.4 Å². The number of rotatable bonds is 7. The van der Waals surface area contributed by atoms with Crippen LogP contribution in [-0.4, -0.2) is 41.2 Å². The van der Waals surface area contributed by atoms with E-state index in [4.69, 9.17) is 62.7 Å². The van der Waals surface area contributed by atoms with Crippen molar-refractivity contribution in [3.05, 3.63) is 60.5 Å². The Morgan fingerprint density at radius 3 is 1.85 bits per heavy atom. The lowest BCUT2D eigenvalue weighted by Crippen LogP contribution is -2.47. The first-order valence-corrected chi connectivity index (χ1v) is 11.8. The largest absolute Gasteiger partial charge is 0.454 e. The van der Waals surface area contributed by atoms with E-state index >= 15 is 0 Å². The van der Waals surface area contributed by atoms with E-state index in [-0.39, 0.29) is 43.6 Å². The molecule has 0 radical (unpaired) electrons. The number of ether oxygens (including phenoxy) is 1. The number of hydrogen-bond acceptors (Lipinski definition) is 5. The summed E-state index contributed by atoms with van der Waals surface area (Å²) >= 11 is 30.2. The van der Waals surface area contributed by atoms with E-state index in [1.54, 1.807) is 38.1 Å². The summed E-state index contributed by atoms with van der Waals surface area (Å²) in [5.41, 5.74) is -0.0382. The molecule has 0 spiro atoms. The lowest BCUT2D eigenvalue weighted by atomic mass is 10.0. The monoisotopic (exact) mass is 564 g/mol. The van der Waals surface area contributed by atoms with Crippen LogP contribution in [0.3, 0.4) is 0 Å². The number of nitrogens with one attached hydrogen (secondary N) is 1. The van der Waals surface area contributed by atoms with Crippen molar-refractivity contribution in [2.75, 3.05) is 11.9 Å². The minimum Gasteiger partial charge on any atom is -0.454 e. The van der Waals surface area contributed by atoms with E-state index in [0.29, 0.717) is 15.6 Å². The Hall–Kier alpha value is -2.03. The summed E-state index contributed by atoms with van der Waals surface area (Å²) in [5.74, 6) is -3.41. The van der Waals surface area contributed by atoms with Crippen LogP contribution in [0, 0.1) is 5.92 Å². The molecule has 0 saturated carbocycles. The highest BCUT2D eigenvalue weighted by Gasteiger charge is 2.47. The molecule has 0 aromatic heterocycles. The summed E-state index contributed by atoms with van der Waals surface area (Å²) < 4.78 is 5.14. The van der Waals surface area contributed by atoms with Gasteiger partial charge in [0.1, 0.15) is 6.04 Å². The van der Waals surface area contributed by atoms with Gasteiger partial charge in [0.05, 0.1) is 31.2 Å². The number of carbonyl (C=O) groups excluding carboxylic acids is 4. The van der Waals surface area contributed by atoms with Crippen molar-refractivity contribution in [2.24, 2.45) is 5.92 Å². The molecule has 3 amide bonds. The van der Waals surface area contributed by atoms with E-state index in [9.17, 15) is 19.2 Å². The highest BCUT2D eigenvalue weighted by Crippen LogP contribution is 2.45. The summed E-state index contributed by atoms with van der Waals surface area (Å²) in [7, 11) is 0. The van der Waals surface area contributed by atoms with Crippen molar-refractivity contribution in [1.29, 1.82) is 0 Å². The second kappa shape index (κ2) is 10.7. The van der Waals surface area contributed by atoms with Crippen molar-refractivity contribution in [2.45, 2.75) is 26.3 Å². The van der Waals surface area contributed by atoms with E-state index in [1.807, 2.05) is 0 Å². The number of anilines is 1. The molecule has 0 aliphatic carbocycles. The van der Waals surface area contributed by atoms with Gasteiger partial charge in [0.2, 0.25) is 0 Å². The van der Waals surface area contributed by atoms with Gasteiger partial charge in [-0.15, -0.1) is 0 Å². The highest BCUT2D eigenvalue weighted by molar-refractivity contribution is 6.55. The van der Waals surface area contributed by atoms with Gasteiger partial charge in [0.15, 0.2) is 6.61 Å². The number of esters is 1.